The third kappa shape index (κ3) is 3.72. The fourth-order valence-corrected chi connectivity index (χ4v) is 21.3. The molecule has 0 saturated heterocycles. The van der Waals surface area contributed by atoms with Crippen LogP contribution in [0.4, 0.5) is 0 Å². The fourth-order valence-electron chi connectivity index (χ4n) is 3.27. The Bertz CT molecular complexity index is 653. The van der Waals surface area contributed by atoms with Crippen LogP contribution in [0.25, 0.3) is 5.57 Å². The summed E-state index contributed by atoms with van der Waals surface area (Å²) in [5.41, 5.74) is 4.50. The Hall–Kier alpha value is 0.120. The van der Waals surface area contributed by atoms with Crippen molar-refractivity contribution in [2.24, 2.45) is 0 Å². The standard InChI is InChI=1S/C10H9.C5H5.C2H6Si.2ClH.Zr/c1-8-6-7-9-4-2-3-5-10(8)9;1-2-4-5-3-1;1-3-2;;;/h2-7H,1H3;1-3H,4H2;1-2H3;2*1H;/q;;;;;+2/p-2. The Balaban J connectivity index is 0.00000110. The van der Waals surface area contributed by atoms with Crippen LogP contribution >= 0.6 is 0 Å². The van der Waals surface area contributed by atoms with Crippen LogP contribution in [-0.4, -0.2) is 5.43 Å². The Labute approximate surface area is 148 Å². The zero-order chi connectivity index (χ0) is 13.4. The van der Waals surface area contributed by atoms with Crippen molar-refractivity contribution < 1.29 is 45.2 Å². The molecule has 0 radical (unpaired) electrons. The molecule has 3 rings (SSSR count). The first-order valence-electron chi connectivity index (χ1n) is 6.99. The van der Waals surface area contributed by atoms with Crippen molar-refractivity contribution in [1.29, 1.82) is 0 Å². The normalized spacial score (nSPS) is 17.7. The molecule has 4 heteroatoms. The Kier molecular flexibility index (Phi) is 7.40. The second-order valence-corrected chi connectivity index (χ2v) is 23.4. The molecule has 0 aliphatic heterocycles. The third-order valence-electron chi connectivity index (χ3n) is 4.10. The second-order valence-electron chi connectivity index (χ2n) is 5.65. The SMILES string of the molecule is CC1=C[CH]([Zr+2]([C]2=CC=CC2)=[Si](C)C)c2ccccc21.[Cl-].[Cl-]. The molecule has 0 amide bonds. The molecule has 2 aliphatic rings. The Morgan fingerprint density at radius 3 is 2.48 bits per heavy atom. The van der Waals surface area contributed by atoms with Gasteiger partial charge < -0.3 is 24.8 Å². The van der Waals surface area contributed by atoms with Crippen molar-refractivity contribution in [3.63, 3.8) is 0 Å². The van der Waals surface area contributed by atoms with E-state index in [9.17, 15) is 0 Å². The number of halogens is 2. The summed E-state index contributed by atoms with van der Waals surface area (Å²) in [7, 11) is 0. The van der Waals surface area contributed by atoms with E-state index in [1.54, 1.807) is 5.56 Å². The summed E-state index contributed by atoms with van der Waals surface area (Å²) in [5.74, 6) is 0. The molecule has 0 saturated carbocycles. The molecule has 0 aromatic heterocycles. The molecule has 0 fully saturated rings. The molecule has 0 bridgehead atoms. The van der Waals surface area contributed by atoms with Gasteiger partial charge in [-0.25, -0.2) is 0 Å². The molecular weight excluding hydrogens is 394 g/mol. The van der Waals surface area contributed by atoms with Gasteiger partial charge in [-0.1, -0.05) is 0 Å². The van der Waals surface area contributed by atoms with Gasteiger partial charge in [0.25, 0.3) is 0 Å². The van der Waals surface area contributed by atoms with Crippen molar-refractivity contribution in [2.45, 2.75) is 30.1 Å². The summed E-state index contributed by atoms with van der Waals surface area (Å²) in [4.78, 5) is 0. The van der Waals surface area contributed by atoms with E-state index in [1.165, 1.54) is 17.6 Å². The van der Waals surface area contributed by atoms with Gasteiger partial charge in [-0.15, -0.1) is 0 Å². The zero-order valence-electron chi connectivity index (χ0n) is 12.7. The van der Waals surface area contributed by atoms with Gasteiger partial charge >= 0.3 is 124 Å². The van der Waals surface area contributed by atoms with Gasteiger partial charge in [0, 0.05) is 0 Å². The number of benzene rings is 1. The largest absolute Gasteiger partial charge is 1.00 e. The van der Waals surface area contributed by atoms with Crippen molar-refractivity contribution in [2.75, 3.05) is 0 Å². The van der Waals surface area contributed by atoms with Gasteiger partial charge in [0.15, 0.2) is 0 Å². The van der Waals surface area contributed by atoms with Gasteiger partial charge in [-0.2, -0.15) is 0 Å². The van der Waals surface area contributed by atoms with Crippen LogP contribution in [0.5, 0.6) is 0 Å². The molecule has 0 spiro atoms. The van der Waals surface area contributed by atoms with Crippen LogP contribution in [0.2, 0.25) is 13.1 Å². The van der Waals surface area contributed by atoms with Crippen LogP contribution in [0.15, 0.2) is 51.9 Å². The summed E-state index contributed by atoms with van der Waals surface area (Å²) in [6.45, 7) is 7.38. The number of fused-ring (bicyclic) bond motifs is 1. The monoisotopic (exact) mass is 412 g/mol. The zero-order valence-corrected chi connectivity index (χ0v) is 17.6. The molecule has 1 atom stereocenters. The van der Waals surface area contributed by atoms with E-state index in [0.29, 0.717) is 0 Å². The molecule has 0 heterocycles. The van der Waals surface area contributed by atoms with Gasteiger partial charge in [0.05, 0.1) is 0 Å². The molecule has 0 nitrogen and oxygen atoms in total. The minimum Gasteiger partial charge on any atom is -1.00 e. The number of hydrogen-bond donors (Lipinski definition) is 0. The molecule has 2 aliphatic carbocycles. The molecule has 1 aromatic carbocycles. The summed E-state index contributed by atoms with van der Waals surface area (Å²) in [5, 5.41) is 0. The third-order valence-corrected chi connectivity index (χ3v) is 22.2. The summed E-state index contributed by atoms with van der Waals surface area (Å²) >= 11 is -1.53. The summed E-state index contributed by atoms with van der Waals surface area (Å²) in [6.07, 6.45) is 10.9. The maximum Gasteiger partial charge on any atom is -1.00 e. The van der Waals surface area contributed by atoms with Gasteiger partial charge in [-0.3, -0.25) is 0 Å². The number of allylic oxidation sites excluding steroid dienone is 6. The van der Waals surface area contributed by atoms with E-state index in [2.05, 4.69) is 68.6 Å². The summed E-state index contributed by atoms with van der Waals surface area (Å²) < 4.78 is 2.64. The fraction of sp³-hybridized carbons (Fsp3) is 0.294. The van der Waals surface area contributed by atoms with Crippen molar-refractivity contribution in [3.8, 4) is 0 Å². The molecule has 110 valence electrons. The van der Waals surface area contributed by atoms with E-state index < -0.39 is 20.4 Å². The van der Waals surface area contributed by atoms with Crippen molar-refractivity contribution in [1.82, 2.24) is 0 Å². The molecule has 21 heavy (non-hydrogen) atoms. The van der Waals surface area contributed by atoms with E-state index in [0.717, 1.165) is 3.63 Å². The number of hydrogen-bond acceptors (Lipinski definition) is 0. The quantitative estimate of drug-likeness (QED) is 0.537. The van der Waals surface area contributed by atoms with Gasteiger partial charge in [-0.05, 0) is 0 Å². The van der Waals surface area contributed by atoms with Gasteiger partial charge in [0.1, 0.15) is 0 Å². The van der Waals surface area contributed by atoms with E-state index in [-0.39, 0.29) is 30.2 Å². The number of rotatable bonds is 2. The Morgan fingerprint density at radius 2 is 1.86 bits per heavy atom. The van der Waals surface area contributed by atoms with Crippen molar-refractivity contribution in [3.05, 3.63) is 63.0 Å². The first-order chi connectivity index (χ1) is 9.18. The average molecular weight is 415 g/mol. The van der Waals surface area contributed by atoms with E-state index in [4.69, 9.17) is 0 Å². The van der Waals surface area contributed by atoms with Crippen LogP contribution in [0, 0.1) is 0 Å². The van der Waals surface area contributed by atoms with E-state index in [1.807, 2.05) is 3.28 Å². The van der Waals surface area contributed by atoms with Crippen LogP contribution in [-0.2, 0) is 20.4 Å². The molecule has 1 aromatic rings. The first-order valence-corrected chi connectivity index (χ1v) is 15.8. The second kappa shape index (κ2) is 8.11. The first kappa shape index (κ1) is 19.2. The predicted octanol–water partition coefficient (Wildman–Crippen LogP) is -1.13. The smallest absolute Gasteiger partial charge is 1.00 e. The Morgan fingerprint density at radius 1 is 1.14 bits per heavy atom. The van der Waals surface area contributed by atoms with Crippen LogP contribution in [0.3, 0.4) is 0 Å². The topological polar surface area (TPSA) is 0 Å². The molecule has 0 N–H and O–H groups in total. The molecule has 1 unspecified atom stereocenters. The maximum absolute atomic E-state index is 2.59. The summed E-state index contributed by atoms with van der Waals surface area (Å²) in [6, 6.07) is 9.09. The average Bonchev–Trinajstić information content (AvgIpc) is 3.00. The van der Waals surface area contributed by atoms with Crippen LogP contribution in [0.1, 0.15) is 28.1 Å². The van der Waals surface area contributed by atoms with Crippen molar-refractivity contribution >= 4 is 11.0 Å². The minimum atomic E-state index is -1.53. The molecular formula is C17H20Cl2SiZr. The van der Waals surface area contributed by atoms with Crippen LogP contribution < -0.4 is 24.8 Å². The predicted molar refractivity (Wildman–Crippen MR) is 82.2 cm³/mol. The minimum absolute atomic E-state index is 0. The van der Waals surface area contributed by atoms with Gasteiger partial charge in [0.2, 0.25) is 0 Å². The van der Waals surface area contributed by atoms with E-state index >= 15 is 0 Å². The maximum atomic E-state index is 2.59.